The maximum absolute atomic E-state index is 13.8. The van der Waals surface area contributed by atoms with Gasteiger partial charge in [0.25, 0.3) is 5.91 Å². The minimum absolute atomic E-state index is 0.0129. The Bertz CT molecular complexity index is 1440. The van der Waals surface area contributed by atoms with Crippen LogP contribution in [0.25, 0.3) is 11.3 Å². The Labute approximate surface area is 203 Å². The summed E-state index contributed by atoms with van der Waals surface area (Å²) in [6, 6.07) is 10.8. The molecule has 4 rings (SSSR count). The molecule has 36 heavy (non-hydrogen) atoms. The van der Waals surface area contributed by atoms with Gasteiger partial charge in [-0.25, -0.2) is 19.0 Å². The number of nitrogens with zero attached hydrogens (tertiary/aromatic N) is 5. The van der Waals surface area contributed by atoms with Crippen molar-refractivity contribution in [3.63, 3.8) is 0 Å². The molecule has 0 bridgehead atoms. The van der Waals surface area contributed by atoms with Crippen LogP contribution < -0.4 is 5.32 Å². The summed E-state index contributed by atoms with van der Waals surface area (Å²) in [5.74, 6) is -1.59. The first kappa shape index (κ1) is 24.9. The third kappa shape index (κ3) is 4.79. The highest BCUT2D eigenvalue weighted by Gasteiger charge is 2.37. The van der Waals surface area contributed by atoms with Crippen molar-refractivity contribution in [3.8, 4) is 5.69 Å². The van der Waals surface area contributed by atoms with Gasteiger partial charge in [-0.15, -0.1) is 0 Å². The molecule has 1 N–H and O–H groups in total. The van der Waals surface area contributed by atoms with Crippen LogP contribution in [0.5, 0.6) is 0 Å². The fraction of sp³-hybridized carbons (Fsp3) is 0.292. The number of aromatic nitrogens is 5. The molecule has 0 radical (unpaired) electrons. The molecule has 0 spiro atoms. The van der Waals surface area contributed by atoms with Crippen molar-refractivity contribution in [2.24, 2.45) is 0 Å². The Balaban J connectivity index is 1.79. The fourth-order valence-corrected chi connectivity index (χ4v) is 3.44. The number of nitrogens with one attached hydrogen (secondary N) is 1. The highest BCUT2D eigenvalue weighted by molar-refractivity contribution is 6.07. The monoisotopic (exact) mass is 500 g/mol. The summed E-state index contributed by atoms with van der Waals surface area (Å²) in [6.07, 6.45) is -3.49. The Morgan fingerprint density at radius 3 is 2.39 bits per heavy atom. The number of esters is 1. The molecule has 0 saturated heterocycles. The quantitative estimate of drug-likeness (QED) is 0.400. The number of amides is 1. The summed E-state index contributed by atoms with van der Waals surface area (Å²) in [6.45, 7) is 6.93. The lowest BCUT2D eigenvalue weighted by atomic mass is 9.91. The van der Waals surface area contributed by atoms with E-state index < -0.39 is 29.2 Å². The van der Waals surface area contributed by atoms with E-state index in [1.54, 1.807) is 58.0 Å². The van der Waals surface area contributed by atoms with E-state index >= 15 is 0 Å². The lowest BCUT2D eigenvalue weighted by molar-refractivity contribution is -0.142. The van der Waals surface area contributed by atoms with Crippen LogP contribution in [0.1, 0.15) is 59.9 Å². The minimum Gasteiger partial charge on any atom is -0.462 e. The van der Waals surface area contributed by atoms with Crippen LogP contribution in [0.15, 0.2) is 48.7 Å². The van der Waals surface area contributed by atoms with Gasteiger partial charge >= 0.3 is 12.1 Å². The average Bonchev–Trinajstić information content (AvgIpc) is 3.42. The van der Waals surface area contributed by atoms with Crippen LogP contribution in [0.4, 0.5) is 19.0 Å². The van der Waals surface area contributed by atoms with Gasteiger partial charge < -0.3 is 10.1 Å². The van der Waals surface area contributed by atoms with Crippen molar-refractivity contribution in [2.75, 3.05) is 11.9 Å². The van der Waals surface area contributed by atoms with Crippen LogP contribution in [-0.4, -0.2) is 42.9 Å². The van der Waals surface area contributed by atoms with Gasteiger partial charge in [-0.2, -0.15) is 23.4 Å². The molecule has 0 fully saturated rings. The van der Waals surface area contributed by atoms with Gasteiger partial charge in [0.15, 0.2) is 17.2 Å². The first-order valence-corrected chi connectivity index (χ1v) is 11.0. The van der Waals surface area contributed by atoms with Crippen LogP contribution in [-0.2, 0) is 16.3 Å². The third-order valence-corrected chi connectivity index (χ3v) is 5.22. The van der Waals surface area contributed by atoms with E-state index in [0.29, 0.717) is 10.2 Å². The molecule has 1 aromatic carbocycles. The van der Waals surface area contributed by atoms with Crippen molar-refractivity contribution in [2.45, 2.75) is 39.3 Å². The molecule has 0 aliphatic rings. The van der Waals surface area contributed by atoms with Crippen molar-refractivity contribution in [3.05, 3.63) is 71.3 Å². The van der Waals surface area contributed by atoms with Gasteiger partial charge in [-0.1, -0.05) is 39.0 Å². The number of halogens is 3. The topological polar surface area (TPSA) is 103 Å². The summed E-state index contributed by atoms with van der Waals surface area (Å²) < 4.78 is 48.4. The number of carbonyl (C=O) groups is 2. The van der Waals surface area contributed by atoms with E-state index in [9.17, 15) is 22.8 Å². The molecular weight excluding hydrogens is 477 g/mol. The van der Waals surface area contributed by atoms with Gasteiger partial charge in [0.05, 0.1) is 24.2 Å². The normalized spacial score (nSPS) is 12.1. The van der Waals surface area contributed by atoms with Crippen LogP contribution >= 0.6 is 0 Å². The van der Waals surface area contributed by atoms with Gasteiger partial charge in [0, 0.05) is 11.5 Å². The second-order valence-electron chi connectivity index (χ2n) is 8.90. The lowest BCUT2D eigenvalue weighted by Gasteiger charge is -2.19. The Morgan fingerprint density at radius 2 is 1.78 bits per heavy atom. The summed E-state index contributed by atoms with van der Waals surface area (Å²) in [5, 5.41) is 10.6. The standard InChI is InChI=1S/C24H23F3N6O3/c1-5-36-22(35)15-13-28-32(14-9-7-6-8-10-14)20(15)30-21(34)16-11-19-29-17(23(2,3)4)12-18(24(25,26)27)33(19)31-16/h6-13H,5H2,1-4H3,(H,30,34). The number of alkyl halides is 3. The van der Waals surface area contributed by atoms with E-state index in [1.165, 1.54) is 10.9 Å². The number of carbonyl (C=O) groups excluding carboxylic acids is 2. The first-order valence-electron chi connectivity index (χ1n) is 11.0. The maximum atomic E-state index is 13.8. The Hall–Kier alpha value is -4.22. The van der Waals surface area contributed by atoms with Crippen LogP contribution in [0.3, 0.4) is 0 Å². The minimum atomic E-state index is -4.73. The number of hydrogen-bond acceptors (Lipinski definition) is 6. The smallest absolute Gasteiger partial charge is 0.433 e. The van der Waals surface area contributed by atoms with Gasteiger partial charge in [0.2, 0.25) is 0 Å². The molecule has 1 amide bonds. The van der Waals surface area contributed by atoms with E-state index in [2.05, 4.69) is 20.5 Å². The molecule has 188 valence electrons. The Morgan fingerprint density at radius 1 is 1.08 bits per heavy atom. The van der Waals surface area contributed by atoms with Crippen LogP contribution in [0.2, 0.25) is 0 Å². The molecule has 0 unspecified atom stereocenters. The number of ether oxygens (including phenoxy) is 1. The molecule has 0 aliphatic heterocycles. The van der Waals surface area contributed by atoms with Gasteiger partial charge in [-0.05, 0) is 25.1 Å². The zero-order chi connectivity index (χ0) is 26.3. The van der Waals surface area contributed by atoms with Crippen LogP contribution in [0, 0.1) is 0 Å². The molecule has 0 aliphatic carbocycles. The molecule has 12 heteroatoms. The van der Waals surface area contributed by atoms with E-state index in [1.807, 2.05) is 0 Å². The number of benzene rings is 1. The summed E-state index contributed by atoms with van der Waals surface area (Å²) in [5.41, 5.74) is -1.49. The SMILES string of the molecule is CCOC(=O)c1cnn(-c2ccccc2)c1NC(=O)c1cc2nc(C(C)(C)C)cc(C(F)(F)F)n2n1. The largest absolute Gasteiger partial charge is 0.462 e. The number of hydrogen-bond donors (Lipinski definition) is 1. The van der Waals surface area contributed by atoms with E-state index in [-0.39, 0.29) is 35.0 Å². The number of fused-ring (bicyclic) bond motifs is 1. The highest BCUT2D eigenvalue weighted by Crippen LogP contribution is 2.33. The zero-order valence-corrected chi connectivity index (χ0v) is 19.9. The predicted molar refractivity (Wildman–Crippen MR) is 124 cm³/mol. The molecule has 3 aromatic heterocycles. The van der Waals surface area contributed by atoms with E-state index in [0.717, 1.165) is 12.1 Å². The number of rotatable bonds is 5. The number of anilines is 1. The lowest BCUT2D eigenvalue weighted by Crippen LogP contribution is -2.20. The molecule has 3 heterocycles. The molecule has 0 atom stereocenters. The van der Waals surface area contributed by atoms with Gasteiger partial charge in [-0.3, -0.25) is 4.79 Å². The second-order valence-corrected chi connectivity index (χ2v) is 8.90. The molecule has 4 aromatic rings. The molecular formula is C24H23F3N6O3. The first-order chi connectivity index (χ1) is 16.9. The summed E-state index contributed by atoms with van der Waals surface area (Å²) in [4.78, 5) is 29.9. The number of para-hydroxylation sites is 1. The summed E-state index contributed by atoms with van der Waals surface area (Å²) >= 11 is 0. The highest BCUT2D eigenvalue weighted by atomic mass is 19.4. The maximum Gasteiger partial charge on any atom is 0.433 e. The second kappa shape index (κ2) is 9.10. The summed E-state index contributed by atoms with van der Waals surface area (Å²) in [7, 11) is 0. The predicted octanol–water partition coefficient (Wildman–Crippen LogP) is 4.66. The van der Waals surface area contributed by atoms with E-state index in [4.69, 9.17) is 4.74 Å². The van der Waals surface area contributed by atoms with Crippen molar-refractivity contribution in [1.29, 1.82) is 0 Å². The van der Waals surface area contributed by atoms with Crippen molar-refractivity contribution >= 4 is 23.3 Å². The average molecular weight is 500 g/mol. The molecule has 0 saturated carbocycles. The zero-order valence-electron chi connectivity index (χ0n) is 19.9. The Kier molecular flexibility index (Phi) is 6.29. The molecule has 9 nitrogen and oxygen atoms in total. The van der Waals surface area contributed by atoms with Gasteiger partial charge in [0.1, 0.15) is 11.3 Å². The van der Waals surface area contributed by atoms with Crippen molar-refractivity contribution in [1.82, 2.24) is 24.4 Å². The fourth-order valence-electron chi connectivity index (χ4n) is 3.44. The third-order valence-electron chi connectivity index (χ3n) is 5.22. The van der Waals surface area contributed by atoms with Crippen molar-refractivity contribution < 1.29 is 27.5 Å².